The lowest BCUT2D eigenvalue weighted by atomic mass is 9.89. The van der Waals surface area contributed by atoms with Crippen molar-refractivity contribution in [1.29, 1.82) is 0 Å². The molecule has 0 aliphatic carbocycles. The fourth-order valence-corrected chi connectivity index (χ4v) is 3.91. The maximum Gasteiger partial charge on any atom is 0.225 e. The van der Waals surface area contributed by atoms with E-state index in [2.05, 4.69) is 46.4 Å². The van der Waals surface area contributed by atoms with E-state index in [4.69, 9.17) is 9.47 Å². The summed E-state index contributed by atoms with van der Waals surface area (Å²) in [6, 6.07) is 8.64. The van der Waals surface area contributed by atoms with E-state index in [0.717, 1.165) is 51.3 Å². The zero-order valence-electron chi connectivity index (χ0n) is 15.9. The summed E-state index contributed by atoms with van der Waals surface area (Å²) in [6.07, 6.45) is 1.99. The highest BCUT2D eigenvalue weighted by Crippen LogP contribution is 2.23. The molecule has 6 heteroatoms. The number of hydrogen-bond acceptors (Lipinski definition) is 5. The molecule has 1 amide bonds. The molecule has 2 atom stereocenters. The molecular formula is C20H31N3O3. The van der Waals surface area contributed by atoms with Crippen LogP contribution >= 0.6 is 0 Å². The molecule has 2 aliphatic heterocycles. The maximum atomic E-state index is 12.7. The molecule has 1 aromatic rings. The normalized spacial score (nSPS) is 24.5. The molecule has 0 aromatic heterocycles. The first-order valence-electron chi connectivity index (χ1n) is 9.57. The molecule has 3 rings (SSSR count). The number of nitrogens with zero attached hydrogens (tertiary/aromatic N) is 2. The van der Waals surface area contributed by atoms with Crippen LogP contribution < -0.4 is 10.2 Å². The first-order chi connectivity index (χ1) is 12.7. The number of morpholine rings is 1. The Morgan fingerprint density at radius 3 is 2.65 bits per heavy atom. The van der Waals surface area contributed by atoms with Gasteiger partial charge in [-0.3, -0.25) is 4.79 Å². The Hall–Kier alpha value is -1.63. The fraction of sp³-hybridized carbons (Fsp3) is 0.650. The molecule has 1 aromatic carbocycles. The number of piperidine rings is 1. The van der Waals surface area contributed by atoms with E-state index < -0.39 is 0 Å². The number of amides is 1. The first kappa shape index (κ1) is 19.1. The summed E-state index contributed by atoms with van der Waals surface area (Å²) in [4.78, 5) is 17.3. The van der Waals surface area contributed by atoms with Gasteiger partial charge in [0.05, 0.1) is 25.7 Å². The van der Waals surface area contributed by atoms with E-state index in [1.807, 2.05) is 0 Å². The van der Waals surface area contributed by atoms with Crippen molar-refractivity contribution >= 4 is 11.6 Å². The Bertz CT molecular complexity index is 572. The van der Waals surface area contributed by atoms with Gasteiger partial charge >= 0.3 is 0 Å². The second-order valence-corrected chi connectivity index (χ2v) is 7.24. The molecule has 0 radical (unpaired) electrons. The van der Waals surface area contributed by atoms with E-state index in [1.165, 1.54) is 5.69 Å². The number of benzene rings is 1. The highest BCUT2D eigenvalue weighted by Gasteiger charge is 2.34. The minimum Gasteiger partial charge on any atom is -0.383 e. The van der Waals surface area contributed by atoms with Crippen molar-refractivity contribution in [3.8, 4) is 0 Å². The average Bonchev–Trinajstić information content (AvgIpc) is 2.69. The van der Waals surface area contributed by atoms with Gasteiger partial charge in [0.2, 0.25) is 5.91 Å². The van der Waals surface area contributed by atoms with Crippen molar-refractivity contribution in [3.63, 3.8) is 0 Å². The molecule has 0 spiro atoms. The number of likely N-dealkylation sites (tertiary alicyclic amines) is 1. The summed E-state index contributed by atoms with van der Waals surface area (Å²) in [7, 11) is 3.78. The van der Waals surface area contributed by atoms with Crippen molar-refractivity contribution in [1.82, 2.24) is 10.2 Å². The third-order valence-electron chi connectivity index (χ3n) is 5.51. The third-order valence-corrected chi connectivity index (χ3v) is 5.51. The fourth-order valence-electron chi connectivity index (χ4n) is 3.91. The minimum atomic E-state index is 0.00123. The van der Waals surface area contributed by atoms with Gasteiger partial charge in [-0.25, -0.2) is 0 Å². The highest BCUT2D eigenvalue weighted by molar-refractivity contribution is 5.79. The summed E-state index contributed by atoms with van der Waals surface area (Å²) in [5.74, 6) is 0.136. The number of rotatable bonds is 6. The Morgan fingerprint density at radius 1 is 1.23 bits per heavy atom. The molecule has 0 bridgehead atoms. The SMILES string of the molecule is COC[C@@H]1[C@H](C(=O)NCc2ccc(N3CCOCC3)cc2)CCCN1C. The van der Waals surface area contributed by atoms with Crippen LogP contribution in [-0.4, -0.2) is 70.5 Å². The average molecular weight is 361 g/mol. The van der Waals surface area contributed by atoms with E-state index in [1.54, 1.807) is 7.11 Å². The lowest BCUT2D eigenvalue weighted by Crippen LogP contribution is -2.51. The second-order valence-electron chi connectivity index (χ2n) is 7.24. The third kappa shape index (κ3) is 4.75. The van der Waals surface area contributed by atoms with Crippen molar-refractivity contribution < 1.29 is 14.3 Å². The Kier molecular flexibility index (Phi) is 6.88. The largest absolute Gasteiger partial charge is 0.383 e. The molecule has 2 fully saturated rings. The molecule has 0 unspecified atom stereocenters. The van der Waals surface area contributed by atoms with Gasteiger partial charge in [-0.2, -0.15) is 0 Å². The standard InChI is InChI=1S/C20H31N3O3/c1-22-9-3-4-18(19(22)15-25-2)20(24)21-14-16-5-7-17(8-6-16)23-10-12-26-13-11-23/h5-8,18-19H,3-4,9-15H2,1-2H3,(H,21,24)/t18-,19-/m1/s1. The van der Waals surface area contributed by atoms with E-state index in [-0.39, 0.29) is 17.9 Å². The number of anilines is 1. The Labute approximate surface area is 156 Å². The van der Waals surface area contributed by atoms with E-state index in [9.17, 15) is 4.79 Å². The monoisotopic (exact) mass is 361 g/mol. The maximum absolute atomic E-state index is 12.7. The van der Waals surface area contributed by atoms with Gasteiger partial charge in [0.1, 0.15) is 0 Å². The van der Waals surface area contributed by atoms with Crippen LogP contribution in [0.4, 0.5) is 5.69 Å². The lowest BCUT2D eigenvalue weighted by molar-refractivity contribution is -0.129. The summed E-state index contributed by atoms with van der Waals surface area (Å²) >= 11 is 0. The number of hydrogen-bond donors (Lipinski definition) is 1. The predicted molar refractivity (Wildman–Crippen MR) is 102 cm³/mol. The summed E-state index contributed by atoms with van der Waals surface area (Å²) in [6.45, 7) is 5.65. The quantitative estimate of drug-likeness (QED) is 0.832. The van der Waals surface area contributed by atoms with Crippen molar-refractivity contribution in [2.45, 2.75) is 25.4 Å². The molecule has 2 saturated heterocycles. The van der Waals surface area contributed by atoms with Crippen LogP contribution in [-0.2, 0) is 20.8 Å². The first-order valence-corrected chi connectivity index (χ1v) is 9.57. The molecule has 1 N–H and O–H groups in total. The number of carbonyl (C=O) groups is 1. The molecule has 2 aliphatic rings. The molecule has 26 heavy (non-hydrogen) atoms. The number of likely N-dealkylation sites (N-methyl/N-ethyl adjacent to an activating group) is 1. The van der Waals surface area contributed by atoms with Gasteiger partial charge in [-0.1, -0.05) is 12.1 Å². The number of carbonyl (C=O) groups excluding carboxylic acids is 1. The summed E-state index contributed by atoms with van der Waals surface area (Å²) < 4.78 is 10.7. The second kappa shape index (κ2) is 9.35. The molecule has 0 saturated carbocycles. The van der Waals surface area contributed by atoms with Crippen molar-refractivity contribution in [2.75, 3.05) is 58.5 Å². The Balaban J connectivity index is 1.53. The zero-order valence-corrected chi connectivity index (χ0v) is 15.9. The summed E-state index contributed by atoms with van der Waals surface area (Å²) in [5, 5.41) is 3.12. The van der Waals surface area contributed by atoms with E-state index >= 15 is 0 Å². The minimum absolute atomic E-state index is 0.00123. The molecule has 2 heterocycles. The van der Waals surface area contributed by atoms with Crippen LogP contribution in [0.3, 0.4) is 0 Å². The van der Waals surface area contributed by atoms with Gasteiger partial charge in [0.25, 0.3) is 0 Å². The number of methoxy groups -OCH3 is 1. The van der Waals surface area contributed by atoms with Crippen molar-refractivity contribution in [3.05, 3.63) is 29.8 Å². The van der Waals surface area contributed by atoms with Crippen LogP contribution in [0.1, 0.15) is 18.4 Å². The molecular weight excluding hydrogens is 330 g/mol. The number of ether oxygens (including phenoxy) is 2. The van der Waals surface area contributed by atoms with Gasteiger partial charge < -0.3 is 24.6 Å². The molecule has 6 nitrogen and oxygen atoms in total. The van der Waals surface area contributed by atoms with E-state index in [0.29, 0.717) is 13.2 Å². The zero-order chi connectivity index (χ0) is 18.4. The predicted octanol–water partition coefficient (Wildman–Crippen LogP) is 1.50. The van der Waals surface area contributed by atoms with Gasteiger partial charge in [-0.05, 0) is 44.1 Å². The number of nitrogens with one attached hydrogen (secondary N) is 1. The lowest BCUT2D eigenvalue weighted by Gasteiger charge is -2.37. The van der Waals surface area contributed by atoms with Crippen LogP contribution in [0.2, 0.25) is 0 Å². The topological polar surface area (TPSA) is 54.0 Å². The van der Waals surface area contributed by atoms with Crippen LogP contribution in [0.25, 0.3) is 0 Å². The van der Waals surface area contributed by atoms with Crippen LogP contribution in [0.5, 0.6) is 0 Å². The molecule has 144 valence electrons. The highest BCUT2D eigenvalue weighted by atomic mass is 16.5. The summed E-state index contributed by atoms with van der Waals surface area (Å²) in [5.41, 5.74) is 2.35. The van der Waals surface area contributed by atoms with Gasteiger partial charge in [-0.15, -0.1) is 0 Å². The van der Waals surface area contributed by atoms with Crippen LogP contribution in [0, 0.1) is 5.92 Å². The van der Waals surface area contributed by atoms with Gasteiger partial charge in [0, 0.05) is 38.5 Å². The van der Waals surface area contributed by atoms with Crippen LogP contribution in [0.15, 0.2) is 24.3 Å². The Morgan fingerprint density at radius 2 is 1.96 bits per heavy atom. The van der Waals surface area contributed by atoms with Crippen molar-refractivity contribution in [2.24, 2.45) is 5.92 Å². The van der Waals surface area contributed by atoms with Gasteiger partial charge in [0.15, 0.2) is 0 Å². The smallest absolute Gasteiger partial charge is 0.225 e.